The second-order valence-electron chi connectivity index (χ2n) is 8.84. The Morgan fingerprint density at radius 2 is 1.59 bits per heavy atom. The minimum absolute atomic E-state index is 0.0778. The molecule has 0 saturated carbocycles. The largest absolute Gasteiger partial charge is 0.369 e. The average Bonchev–Trinajstić information content (AvgIpc) is 2.90. The van der Waals surface area contributed by atoms with Crippen molar-refractivity contribution in [2.24, 2.45) is 0 Å². The van der Waals surface area contributed by atoms with E-state index >= 15 is 0 Å². The standard InChI is InChI=1S/C26H31N3O3/c1-19-16-20(2)18-21(17-19)28-14-12-27(13-15-28)11-5-8-25(31)29-23-7-4-3-6-22(23)24(30)9-10-26(29)32/h3-4,6-7,16-18H,5,8-15H2,1-2H3. The summed E-state index contributed by atoms with van der Waals surface area (Å²) in [6.45, 7) is 8.95. The number of benzene rings is 2. The molecule has 2 aliphatic heterocycles. The molecule has 0 aromatic heterocycles. The van der Waals surface area contributed by atoms with Gasteiger partial charge in [0.1, 0.15) is 0 Å². The van der Waals surface area contributed by atoms with E-state index in [2.05, 4.69) is 41.8 Å². The lowest BCUT2D eigenvalue weighted by atomic mass is 10.1. The molecule has 4 rings (SSSR count). The zero-order valence-corrected chi connectivity index (χ0v) is 19.0. The number of piperazine rings is 1. The lowest BCUT2D eigenvalue weighted by Crippen LogP contribution is -2.47. The van der Waals surface area contributed by atoms with Crippen LogP contribution in [0.3, 0.4) is 0 Å². The van der Waals surface area contributed by atoms with Crippen LogP contribution in [0.25, 0.3) is 0 Å². The van der Waals surface area contributed by atoms with Crippen LogP contribution in [-0.4, -0.2) is 55.2 Å². The molecule has 0 radical (unpaired) electrons. The number of rotatable bonds is 5. The quantitative estimate of drug-likeness (QED) is 0.719. The van der Waals surface area contributed by atoms with Gasteiger partial charge in [-0.25, -0.2) is 4.90 Å². The average molecular weight is 434 g/mol. The first-order chi connectivity index (χ1) is 15.4. The molecule has 2 amide bonds. The fraction of sp³-hybridized carbons (Fsp3) is 0.423. The highest BCUT2D eigenvalue weighted by molar-refractivity contribution is 6.20. The Kier molecular flexibility index (Phi) is 6.70. The molecule has 0 unspecified atom stereocenters. The molecule has 2 aromatic rings. The fourth-order valence-electron chi connectivity index (χ4n) is 4.71. The van der Waals surface area contributed by atoms with E-state index in [0.29, 0.717) is 24.1 Å². The number of anilines is 2. The zero-order valence-electron chi connectivity index (χ0n) is 19.0. The first-order valence-corrected chi connectivity index (χ1v) is 11.5. The van der Waals surface area contributed by atoms with Crippen molar-refractivity contribution in [1.82, 2.24) is 4.90 Å². The van der Waals surface area contributed by atoms with Gasteiger partial charge in [-0.05, 0) is 62.2 Å². The molecule has 0 N–H and O–H groups in total. The Morgan fingerprint density at radius 1 is 0.906 bits per heavy atom. The molecule has 0 spiro atoms. The van der Waals surface area contributed by atoms with Gasteiger partial charge >= 0.3 is 0 Å². The van der Waals surface area contributed by atoms with E-state index in [-0.39, 0.29) is 30.4 Å². The number of carbonyl (C=O) groups excluding carboxylic acids is 3. The SMILES string of the molecule is Cc1cc(C)cc(N2CCN(CCCC(=O)N3C(=O)CCC(=O)c4ccccc43)CC2)c1. The van der Waals surface area contributed by atoms with Gasteiger partial charge in [-0.3, -0.25) is 19.3 Å². The molecule has 2 heterocycles. The topological polar surface area (TPSA) is 60.9 Å². The summed E-state index contributed by atoms with van der Waals surface area (Å²) in [7, 11) is 0. The van der Waals surface area contributed by atoms with Gasteiger partial charge in [-0.2, -0.15) is 0 Å². The molecule has 0 atom stereocenters. The second-order valence-corrected chi connectivity index (χ2v) is 8.84. The van der Waals surface area contributed by atoms with Crippen LogP contribution in [-0.2, 0) is 9.59 Å². The maximum Gasteiger partial charge on any atom is 0.234 e. The van der Waals surface area contributed by atoms with Crippen LogP contribution in [0.5, 0.6) is 0 Å². The van der Waals surface area contributed by atoms with Crippen LogP contribution in [0.1, 0.15) is 47.2 Å². The Hall–Kier alpha value is -2.99. The summed E-state index contributed by atoms with van der Waals surface area (Å²) in [5, 5.41) is 0. The first kappa shape index (κ1) is 22.2. The van der Waals surface area contributed by atoms with E-state index in [1.807, 2.05) is 0 Å². The van der Waals surface area contributed by atoms with Crippen molar-refractivity contribution >= 4 is 29.0 Å². The molecule has 168 valence electrons. The molecular weight excluding hydrogens is 402 g/mol. The summed E-state index contributed by atoms with van der Waals surface area (Å²) in [6, 6.07) is 13.6. The van der Waals surface area contributed by atoms with Crippen molar-refractivity contribution in [2.45, 2.75) is 39.5 Å². The van der Waals surface area contributed by atoms with E-state index in [4.69, 9.17) is 0 Å². The number of aryl methyl sites for hydroxylation is 2. The van der Waals surface area contributed by atoms with Crippen molar-refractivity contribution in [3.8, 4) is 0 Å². The van der Waals surface area contributed by atoms with Crippen LogP contribution in [0.15, 0.2) is 42.5 Å². The minimum atomic E-state index is -0.282. The first-order valence-electron chi connectivity index (χ1n) is 11.5. The lowest BCUT2D eigenvalue weighted by Gasteiger charge is -2.36. The number of ketones is 1. The van der Waals surface area contributed by atoms with Gasteiger partial charge in [0.15, 0.2) is 5.78 Å². The van der Waals surface area contributed by atoms with Crippen molar-refractivity contribution in [3.63, 3.8) is 0 Å². The van der Waals surface area contributed by atoms with Gasteiger partial charge in [-0.15, -0.1) is 0 Å². The molecule has 0 aliphatic carbocycles. The number of carbonyl (C=O) groups is 3. The summed E-state index contributed by atoms with van der Waals surface area (Å²) in [4.78, 5) is 43.9. The Bertz CT molecular complexity index is 1000. The summed E-state index contributed by atoms with van der Waals surface area (Å²) >= 11 is 0. The van der Waals surface area contributed by atoms with Gasteiger partial charge in [0.05, 0.1) is 5.69 Å². The normalized spacial score (nSPS) is 17.3. The highest BCUT2D eigenvalue weighted by Gasteiger charge is 2.30. The van der Waals surface area contributed by atoms with Crippen molar-refractivity contribution in [2.75, 3.05) is 42.5 Å². The van der Waals surface area contributed by atoms with E-state index in [1.54, 1.807) is 24.3 Å². The van der Waals surface area contributed by atoms with Crippen LogP contribution in [0, 0.1) is 13.8 Å². The molecule has 1 saturated heterocycles. The highest BCUT2D eigenvalue weighted by Crippen LogP contribution is 2.28. The molecule has 2 aliphatic rings. The van der Waals surface area contributed by atoms with Crippen molar-refractivity contribution < 1.29 is 14.4 Å². The molecular formula is C26H31N3O3. The Morgan fingerprint density at radius 3 is 2.31 bits per heavy atom. The Labute approximate surface area is 189 Å². The number of fused-ring (bicyclic) bond motifs is 1. The minimum Gasteiger partial charge on any atom is -0.369 e. The van der Waals surface area contributed by atoms with Gasteiger partial charge in [0.2, 0.25) is 11.8 Å². The third-order valence-electron chi connectivity index (χ3n) is 6.32. The number of hydrogen-bond acceptors (Lipinski definition) is 5. The fourth-order valence-corrected chi connectivity index (χ4v) is 4.71. The summed E-state index contributed by atoms with van der Waals surface area (Å²) in [5.74, 6) is -0.577. The van der Waals surface area contributed by atoms with E-state index in [1.165, 1.54) is 21.7 Å². The monoisotopic (exact) mass is 433 g/mol. The maximum atomic E-state index is 12.9. The Balaban J connectivity index is 1.30. The van der Waals surface area contributed by atoms with Crippen LogP contribution >= 0.6 is 0 Å². The second kappa shape index (κ2) is 9.65. The number of nitrogens with zero attached hydrogens (tertiary/aromatic N) is 3. The summed E-state index contributed by atoms with van der Waals surface area (Å²) in [5.41, 5.74) is 4.76. The number of imide groups is 1. The van der Waals surface area contributed by atoms with E-state index in [0.717, 1.165) is 32.7 Å². The predicted molar refractivity (Wildman–Crippen MR) is 126 cm³/mol. The lowest BCUT2D eigenvalue weighted by molar-refractivity contribution is -0.126. The number of hydrogen-bond donors (Lipinski definition) is 0. The summed E-state index contributed by atoms with van der Waals surface area (Å²) in [6.07, 6.45) is 1.23. The third kappa shape index (κ3) is 4.91. The van der Waals surface area contributed by atoms with Crippen molar-refractivity contribution in [1.29, 1.82) is 0 Å². The highest BCUT2D eigenvalue weighted by atomic mass is 16.2. The van der Waals surface area contributed by atoms with Crippen LogP contribution in [0.2, 0.25) is 0 Å². The zero-order chi connectivity index (χ0) is 22.7. The summed E-state index contributed by atoms with van der Waals surface area (Å²) < 4.78 is 0. The third-order valence-corrected chi connectivity index (χ3v) is 6.32. The smallest absolute Gasteiger partial charge is 0.234 e. The van der Waals surface area contributed by atoms with Gasteiger partial charge in [0.25, 0.3) is 0 Å². The predicted octanol–water partition coefficient (Wildman–Crippen LogP) is 3.74. The molecule has 6 nitrogen and oxygen atoms in total. The molecule has 1 fully saturated rings. The maximum absolute atomic E-state index is 12.9. The van der Waals surface area contributed by atoms with Gasteiger partial charge in [0, 0.05) is 56.7 Å². The van der Waals surface area contributed by atoms with Crippen molar-refractivity contribution in [3.05, 3.63) is 59.2 Å². The molecule has 6 heteroatoms. The van der Waals surface area contributed by atoms with E-state index < -0.39 is 0 Å². The van der Waals surface area contributed by atoms with E-state index in [9.17, 15) is 14.4 Å². The molecule has 32 heavy (non-hydrogen) atoms. The van der Waals surface area contributed by atoms with Gasteiger partial charge < -0.3 is 4.90 Å². The number of Topliss-reactive ketones (excluding diaryl/α,β-unsaturated/α-hetero) is 1. The number of amides is 2. The molecule has 2 aromatic carbocycles. The van der Waals surface area contributed by atoms with Gasteiger partial charge in [-0.1, -0.05) is 18.2 Å². The molecule has 0 bridgehead atoms. The number of para-hydroxylation sites is 1. The van der Waals surface area contributed by atoms with Crippen LogP contribution < -0.4 is 9.80 Å². The van der Waals surface area contributed by atoms with Crippen LogP contribution in [0.4, 0.5) is 11.4 Å².